The lowest BCUT2D eigenvalue weighted by Crippen LogP contribution is -2.14. The minimum atomic E-state index is 0.224. The Morgan fingerprint density at radius 3 is 2.42 bits per heavy atom. The minimum Gasteiger partial charge on any atom is -0.370 e. The third-order valence-corrected chi connectivity index (χ3v) is 4.31. The van der Waals surface area contributed by atoms with E-state index in [2.05, 4.69) is 59.7 Å². The summed E-state index contributed by atoms with van der Waals surface area (Å²) in [5.74, 6) is 0.586. The monoisotopic (exact) mass is 260 g/mol. The normalized spacial score (nSPS) is 24.3. The van der Waals surface area contributed by atoms with Gasteiger partial charge in [0, 0.05) is 0 Å². The van der Waals surface area contributed by atoms with Crippen LogP contribution in [0.5, 0.6) is 0 Å². The van der Waals surface area contributed by atoms with E-state index in [4.69, 9.17) is 4.74 Å². The molecule has 2 rings (SSSR count). The first-order valence-electron chi connectivity index (χ1n) is 7.59. The van der Waals surface area contributed by atoms with Crippen LogP contribution in [0.3, 0.4) is 0 Å². The fraction of sp³-hybridized carbons (Fsp3) is 0.667. The molecule has 1 aromatic carbocycles. The molecule has 3 atom stereocenters. The molecule has 1 heterocycles. The standard InChI is InChI=1S/C18H28O/c1-7-16-17(19-16)10-13(3)14-9-8-12(2)15(11-14)18(4,5)6/h8-9,11,13,16-17H,7,10H2,1-6H3. The topological polar surface area (TPSA) is 12.5 Å². The van der Waals surface area contributed by atoms with Gasteiger partial charge in [0.05, 0.1) is 12.2 Å². The first-order valence-corrected chi connectivity index (χ1v) is 7.59. The molecule has 0 N–H and O–H groups in total. The second-order valence-corrected chi connectivity index (χ2v) is 7.08. The molecule has 0 saturated carbocycles. The zero-order valence-electron chi connectivity index (χ0n) is 13.3. The van der Waals surface area contributed by atoms with Gasteiger partial charge in [0.15, 0.2) is 0 Å². The van der Waals surface area contributed by atoms with Gasteiger partial charge >= 0.3 is 0 Å². The first-order chi connectivity index (χ1) is 8.82. The van der Waals surface area contributed by atoms with E-state index in [9.17, 15) is 0 Å². The Bertz CT molecular complexity index is 441. The second-order valence-electron chi connectivity index (χ2n) is 7.08. The van der Waals surface area contributed by atoms with Gasteiger partial charge in [-0.1, -0.05) is 52.8 Å². The Morgan fingerprint density at radius 2 is 1.89 bits per heavy atom. The predicted molar refractivity (Wildman–Crippen MR) is 81.9 cm³/mol. The van der Waals surface area contributed by atoms with Crippen molar-refractivity contribution in [1.82, 2.24) is 0 Å². The van der Waals surface area contributed by atoms with E-state index in [1.165, 1.54) is 16.7 Å². The van der Waals surface area contributed by atoms with Gasteiger partial charge in [0.25, 0.3) is 0 Å². The van der Waals surface area contributed by atoms with Crippen LogP contribution in [0.25, 0.3) is 0 Å². The molecule has 106 valence electrons. The Labute approximate surface area is 118 Å². The Balaban J connectivity index is 2.12. The summed E-state index contributed by atoms with van der Waals surface area (Å²) in [7, 11) is 0. The van der Waals surface area contributed by atoms with Gasteiger partial charge in [-0.2, -0.15) is 0 Å². The van der Waals surface area contributed by atoms with Gasteiger partial charge in [0.2, 0.25) is 0 Å². The van der Waals surface area contributed by atoms with Crippen molar-refractivity contribution in [3.63, 3.8) is 0 Å². The molecule has 1 aromatic rings. The zero-order valence-corrected chi connectivity index (χ0v) is 13.3. The van der Waals surface area contributed by atoms with Crippen LogP contribution in [-0.2, 0) is 10.2 Å². The van der Waals surface area contributed by atoms with E-state index < -0.39 is 0 Å². The summed E-state index contributed by atoms with van der Waals surface area (Å²) < 4.78 is 5.68. The molecular formula is C18H28O. The summed E-state index contributed by atoms with van der Waals surface area (Å²) in [6.45, 7) is 13.6. The molecule has 1 aliphatic heterocycles. The van der Waals surface area contributed by atoms with E-state index in [1.54, 1.807) is 0 Å². The van der Waals surface area contributed by atoms with Gasteiger partial charge < -0.3 is 4.74 Å². The molecule has 3 unspecified atom stereocenters. The van der Waals surface area contributed by atoms with Crippen LogP contribution in [-0.4, -0.2) is 12.2 Å². The van der Waals surface area contributed by atoms with Gasteiger partial charge in [-0.05, 0) is 47.8 Å². The van der Waals surface area contributed by atoms with Crippen molar-refractivity contribution in [2.45, 2.75) is 77.9 Å². The molecule has 0 spiro atoms. The summed E-state index contributed by atoms with van der Waals surface area (Å²) in [4.78, 5) is 0. The van der Waals surface area contributed by atoms with Crippen molar-refractivity contribution >= 4 is 0 Å². The lowest BCUT2D eigenvalue weighted by atomic mass is 9.81. The second kappa shape index (κ2) is 5.28. The first kappa shape index (κ1) is 14.6. The van der Waals surface area contributed by atoms with Gasteiger partial charge in [-0.3, -0.25) is 0 Å². The minimum absolute atomic E-state index is 0.224. The maximum absolute atomic E-state index is 5.68. The van der Waals surface area contributed by atoms with Crippen molar-refractivity contribution in [2.24, 2.45) is 0 Å². The molecule has 1 nitrogen and oxygen atoms in total. The lowest BCUT2D eigenvalue weighted by Gasteiger charge is -2.24. The highest BCUT2D eigenvalue weighted by Crippen LogP contribution is 2.36. The largest absolute Gasteiger partial charge is 0.370 e. The van der Waals surface area contributed by atoms with Crippen molar-refractivity contribution in [3.05, 3.63) is 34.9 Å². The van der Waals surface area contributed by atoms with E-state index in [0.717, 1.165) is 12.8 Å². The molecule has 0 radical (unpaired) electrons. The molecule has 1 saturated heterocycles. The van der Waals surface area contributed by atoms with E-state index in [-0.39, 0.29) is 5.41 Å². The average Bonchev–Trinajstić information content (AvgIpc) is 3.06. The predicted octanol–water partition coefficient (Wildman–Crippen LogP) is 4.96. The van der Waals surface area contributed by atoms with Crippen molar-refractivity contribution in [3.8, 4) is 0 Å². The van der Waals surface area contributed by atoms with Crippen molar-refractivity contribution in [2.75, 3.05) is 0 Å². The van der Waals surface area contributed by atoms with Crippen LogP contribution in [0.15, 0.2) is 18.2 Å². The third kappa shape index (κ3) is 3.39. The highest BCUT2D eigenvalue weighted by Gasteiger charge is 2.37. The van der Waals surface area contributed by atoms with Crippen LogP contribution in [0.4, 0.5) is 0 Å². The average molecular weight is 260 g/mol. The molecule has 19 heavy (non-hydrogen) atoms. The lowest BCUT2D eigenvalue weighted by molar-refractivity contribution is 0.353. The summed E-state index contributed by atoms with van der Waals surface area (Å²) >= 11 is 0. The Morgan fingerprint density at radius 1 is 1.21 bits per heavy atom. The summed E-state index contributed by atoms with van der Waals surface area (Å²) in [5, 5.41) is 0. The van der Waals surface area contributed by atoms with Crippen LogP contribution < -0.4 is 0 Å². The third-order valence-electron chi connectivity index (χ3n) is 4.31. The number of hydrogen-bond donors (Lipinski definition) is 0. The maximum Gasteiger partial charge on any atom is 0.0847 e. The maximum atomic E-state index is 5.68. The van der Waals surface area contributed by atoms with Crippen LogP contribution in [0.1, 0.15) is 70.1 Å². The van der Waals surface area contributed by atoms with Crippen LogP contribution in [0.2, 0.25) is 0 Å². The molecule has 0 amide bonds. The number of hydrogen-bond acceptors (Lipinski definition) is 1. The Kier molecular flexibility index (Phi) is 4.06. The van der Waals surface area contributed by atoms with Crippen LogP contribution in [0, 0.1) is 6.92 Å². The van der Waals surface area contributed by atoms with E-state index in [0.29, 0.717) is 18.1 Å². The molecule has 1 fully saturated rings. The van der Waals surface area contributed by atoms with E-state index >= 15 is 0 Å². The SMILES string of the molecule is CCC1OC1CC(C)c1ccc(C)c(C(C)(C)C)c1. The molecule has 0 aliphatic carbocycles. The number of aryl methyl sites for hydroxylation is 1. The Hall–Kier alpha value is -0.820. The molecule has 0 aromatic heterocycles. The fourth-order valence-corrected chi connectivity index (χ4v) is 2.98. The fourth-order valence-electron chi connectivity index (χ4n) is 2.98. The zero-order chi connectivity index (χ0) is 14.2. The highest BCUT2D eigenvalue weighted by atomic mass is 16.6. The van der Waals surface area contributed by atoms with E-state index in [1.807, 2.05) is 0 Å². The van der Waals surface area contributed by atoms with Crippen molar-refractivity contribution < 1.29 is 4.74 Å². The summed E-state index contributed by atoms with van der Waals surface area (Å²) in [5.41, 5.74) is 4.56. The summed E-state index contributed by atoms with van der Waals surface area (Å²) in [6.07, 6.45) is 3.33. The quantitative estimate of drug-likeness (QED) is 0.697. The van der Waals surface area contributed by atoms with Gasteiger partial charge in [-0.15, -0.1) is 0 Å². The number of epoxide rings is 1. The molecular weight excluding hydrogens is 232 g/mol. The molecule has 1 aliphatic rings. The van der Waals surface area contributed by atoms with Gasteiger partial charge in [0.1, 0.15) is 0 Å². The smallest absolute Gasteiger partial charge is 0.0847 e. The highest BCUT2D eigenvalue weighted by molar-refractivity contribution is 5.37. The van der Waals surface area contributed by atoms with Gasteiger partial charge in [-0.25, -0.2) is 0 Å². The summed E-state index contributed by atoms with van der Waals surface area (Å²) in [6, 6.07) is 6.97. The number of benzene rings is 1. The molecule has 0 bridgehead atoms. The molecule has 1 heteroatoms. The number of rotatable bonds is 4. The van der Waals surface area contributed by atoms with Crippen molar-refractivity contribution in [1.29, 1.82) is 0 Å². The number of ether oxygens (including phenoxy) is 1. The van der Waals surface area contributed by atoms with Crippen LogP contribution >= 0.6 is 0 Å².